The van der Waals surface area contributed by atoms with E-state index in [4.69, 9.17) is 14.2 Å². The van der Waals surface area contributed by atoms with Gasteiger partial charge in [0.25, 0.3) is 0 Å². The van der Waals surface area contributed by atoms with Crippen LogP contribution in [-0.4, -0.2) is 24.5 Å². The average Bonchev–Trinajstić information content (AvgIpc) is 3.21. The van der Waals surface area contributed by atoms with Gasteiger partial charge in [0.15, 0.2) is 63.9 Å². The molecule has 0 saturated heterocycles. The van der Waals surface area contributed by atoms with Gasteiger partial charge in [0.2, 0.25) is 11.6 Å². The van der Waals surface area contributed by atoms with Crippen LogP contribution in [0, 0.1) is 58.2 Å². The van der Waals surface area contributed by atoms with Crippen molar-refractivity contribution < 1.29 is 72.5 Å². The largest absolute Gasteiger partial charge is 0.497 e. The molecule has 56 heavy (non-hydrogen) atoms. The third-order valence-corrected chi connectivity index (χ3v) is 8.07. The SMILES string of the molecule is COc1ccc(C(=O)c2cc(Oc3ccc(C(=O)c4c(F)c(F)c(F)c(F)c4F)cc3)cc(Oc3ccc(C(=O)c4c(F)c(F)c(F)c(F)c4F)cc3)c2)cc1. The van der Waals surface area contributed by atoms with Crippen molar-refractivity contribution in [1.29, 1.82) is 0 Å². The fourth-order valence-corrected chi connectivity index (χ4v) is 5.25. The summed E-state index contributed by atoms with van der Waals surface area (Å²) in [6.07, 6.45) is 0. The predicted molar refractivity (Wildman–Crippen MR) is 175 cm³/mol. The number of rotatable bonds is 11. The van der Waals surface area contributed by atoms with E-state index in [0.717, 1.165) is 48.5 Å². The van der Waals surface area contributed by atoms with Gasteiger partial charge in [-0.1, -0.05) is 0 Å². The third kappa shape index (κ3) is 7.28. The van der Waals surface area contributed by atoms with E-state index in [1.165, 1.54) is 49.6 Å². The van der Waals surface area contributed by atoms with Crippen molar-refractivity contribution in [1.82, 2.24) is 0 Å². The Bertz CT molecular complexity index is 2350. The maximum absolute atomic E-state index is 14.3. The fourth-order valence-electron chi connectivity index (χ4n) is 5.25. The molecule has 6 rings (SSSR count). The molecule has 0 N–H and O–H groups in total. The van der Waals surface area contributed by atoms with Crippen LogP contribution in [0.2, 0.25) is 0 Å². The maximum Gasteiger partial charge on any atom is 0.200 e. The van der Waals surface area contributed by atoms with Crippen LogP contribution in [0.4, 0.5) is 43.9 Å². The molecule has 6 aromatic rings. The highest BCUT2D eigenvalue weighted by Gasteiger charge is 2.31. The van der Waals surface area contributed by atoms with Gasteiger partial charge >= 0.3 is 0 Å². The van der Waals surface area contributed by atoms with Crippen molar-refractivity contribution in [3.05, 3.63) is 183 Å². The summed E-state index contributed by atoms with van der Waals surface area (Å²) in [6, 6.07) is 18.3. The number of benzene rings is 6. The molecule has 0 aliphatic carbocycles. The molecule has 0 fully saturated rings. The van der Waals surface area contributed by atoms with Crippen LogP contribution in [0.15, 0.2) is 91.0 Å². The molecule has 0 amide bonds. The average molecular weight is 785 g/mol. The van der Waals surface area contributed by atoms with Crippen LogP contribution >= 0.6 is 0 Å². The van der Waals surface area contributed by atoms with E-state index in [9.17, 15) is 58.3 Å². The van der Waals surface area contributed by atoms with Crippen molar-refractivity contribution in [2.45, 2.75) is 0 Å². The minimum absolute atomic E-state index is 0.0149. The molecule has 0 aromatic heterocycles. The standard InChI is InChI=1S/C40H18F10O6/c1-54-21-8-2-17(3-9-21)38(51)20-14-24(55-22-10-4-18(5-11-22)39(52)26-28(41)32(45)36(49)33(46)29(26)42)16-25(15-20)56-23-12-6-19(7-13-23)40(53)27-30(43)34(47)37(50)35(48)31(27)44/h2-16H,1H3. The van der Waals surface area contributed by atoms with Crippen molar-refractivity contribution in [3.8, 4) is 28.7 Å². The Labute approximate surface area is 308 Å². The number of carbonyl (C=O) groups is 3. The normalized spacial score (nSPS) is 11.0. The lowest BCUT2D eigenvalue weighted by atomic mass is 10.0. The van der Waals surface area contributed by atoms with Gasteiger partial charge in [0.05, 0.1) is 7.11 Å². The highest BCUT2D eigenvalue weighted by molar-refractivity contribution is 6.10. The molecule has 0 saturated carbocycles. The Hall–Kier alpha value is -6.97. The molecule has 0 heterocycles. The lowest BCUT2D eigenvalue weighted by molar-refractivity contribution is 0.101. The number of methoxy groups -OCH3 is 1. The van der Waals surface area contributed by atoms with E-state index in [0.29, 0.717) is 5.75 Å². The van der Waals surface area contributed by atoms with Gasteiger partial charge < -0.3 is 14.2 Å². The first kappa shape index (κ1) is 38.7. The molecule has 0 unspecified atom stereocenters. The van der Waals surface area contributed by atoms with Crippen molar-refractivity contribution in [2.24, 2.45) is 0 Å². The number of ketones is 3. The Balaban J connectivity index is 1.30. The molecule has 284 valence electrons. The lowest BCUT2D eigenvalue weighted by Crippen LogP contribution is -2.13. The monoisotopic (exact) mass is 784 g/mol. The van der Waals surface area contributed by atoms with E-state index in [1.807, 2.05) is 0 Å². The number of halogens is 10. The molecule has 0 atom stereocenters. The summed E-state index contributed by atoms with van der Waals surface area (Å²) in [5.41, 5.74) is -4.11. The molecule has 0 bridgehead atoms. The summed E-state index contributed by atoms with van der Waals surface area (Å²) < 4.78 is 156. The smallest absolute Gasteiger partial charge is 0.200 e. The fraction of sp³-hybridized carbons (Fsp3) is 0.0250. The molecule has 0 radical (unpaired) electrons. The van der Waals surface area contributed by atoms with E-state index in [1.54, 1.807) is 0 Å². The highest BCUT2D eigenvalue weighted by atomic mass is 19.2. The van der Waals surface area contributed by atoms with E-state index >= 15 is 0 Å². The Kier molecular flexibility index (Phi) is 10.7. The number of ether oxygens (including phenoxy) is 3. The minimum Gasteiger partial charge on any atom is -0.497 e. The molecule has 6 nitrogen and oxygen atoms in total. The van der Waals surface area contributed by atoms with Crippen LogP contribution in [0.1, 0.15) is 47.8 Å². The first-order chi connectivity index (χ1) is 26.6. The molecular formula is C40H18F10O6. The van der Waals surface area contributed by atoms with E-state index in [-0.39, 0.29) is 34.1 Å². The number of hydrogen-bond acceptors (Lipinski definition) is 6. The van der Waals surface area contributed by atoms with Gasteiger partial charge in [-0.3, -0.25) is 14.4 Å². The van der Waals surface area contributed by atoms with Gasteiger partial charge in [-0.15, -0.1) is 0 Å². The van der Waals surface area contributed by atoms with Gasteiger partial charge in [-0.2, -0.15) is 0 Å². The second-order valence-corrected chi connectivity index (χ2v) is 11.6. The molecule has 16 heteroatoms. The van der Waals surface area contributed by atoms with Crippen molar-refractivity contribution in [3.63, 3.8) is 0 Å². The highest BCUT2D eigenvalue weighted by Crippen LogP contribution is 2.33. The van der Waals surface area contributed by atoms with Gasteiger partial charge in [-0.05, 0) is 84.9 Å². The Morgan fingerprint density at radius 2 is 0.625 bits per heavy atom. The Morgan fingerprint density at radius 1 is 0.339 bits per heavy atom. The Morgan fingerprint density at radius 3 is 0.946 bits per heavy atom. The summed E-state index contributed by atoms with van der Waals surface area (Å²) >= 11 is 0. The van der Waals surface area contributed by atoms with Crippen LogP contribution in [-0.2, 0) is 0 Å². The third-order valence-electron chi connectivity index (χ3n) is 8.07. The molecule has 0 aliphatic heterocycles. The van der Waals surface area contributed by atoms with Gasteiger partial charge in [0, 0.05) is 28.3 Å². The van der Waals surface area contributed by atoms with Crippen LogP contribution in [0.5, 0.6) is 28.7 Å². The molecule has 0 spiro atoms. The quantitative estimate of drug-likeness (QED) is 0.0564. The van der Waals surface area contributed by atoms with Crippen LogP contribution in [0.3, 0.4) is 0 Å². The van der Waals surface area contributed by atoms with E-state index in [2.05, 4.69) is 0 Å². The summed E-state index contributed by atoms with van der Waals surface area (Å²) in [5.74, 6) is -26.7. The van der Waals surface area contributed by atoms with Gasteiger partial charge in [0.1, 0.15) is 39.9 Å². The second kappa shape index (κ2) is 15.4. The first-order valence-corrected chi connectivity index (χ1v) is 15.6. The predicted octanol–water partition coefficient (Wildman–Crippen LogP) is 10.4. The molecule has 0 aliphatic rings. The zero-order chi connectivity index (χ0) is 40.6. The molecule has 6 aromatic carbocycles. The lowest BCUT2D eigenvalue weighted by Gasteiger charge is -2.13. The summed E-state index contributed by atoms with van der Waals surface area (Å²) in [6.45, 7) is 0. The first-order valence-electron chi connectivity index (χ1n) is 15.6. The summed E-state index contributed by atoms with van der Waals surface area (Å²) in [5, 5.41) is 0. The minimum atomic E-state index is -2.44. The summed E-state index contributed by atoms with van der Waals surface area (Å²) in [7, 11) is 1.42. The zero-order valence-corrected chi connectivity index (χ0v) is 27.9. The van der Waals surface area contributed by atoms with Crippen molar-refractivity contribution >= 4 is 17.3 Å². The number of hydrogen-bond donors (Lipinski definition) is 0. The number of carbonyl (C=O) groups excluding carboxylic acids is 3. The van der Waals surface area contributed by atoms with Crippen LogP contribution in [0.25, 0.3) is 0 Å². The summed E-state index contributed by atoms with van der Waals surface area (Å²) in [4.78, 5) is 39.0. The topological polar surface area (TPSA) is 78.9 Å². The van der Waals surface area contributed by atoms with E-state index < -0.39 is 97.8 Å². The molecular weight excluding hydrogens is 766 g/mol. The van der Waals surface area contributed by atoms with Crippen LogP contribution < -0.4 is 14.2 Å². The maximum atomic E-state index is 14.3. The van der Waals surface area contributed by atoms with Gasteiger partial charge in [-0.25, -0.2) is 43.9 Å². The van der Waals surface area contributed by atoms with Crippen molar-refractivity contribution in [2.75, 3.05) is 7.11 Å². The zero-order valence-electron chi connectivity index (χ0n) is 27.9. The second-order valence-electron chi connectivity index (χ2n) is 11.6.